The Labute approximate surface area is 111 Å². The molecular weight excluding hydrogens is 243 g/mol. The van der Waals surface area contributed by atoms with Crippen LogP contribution in [0.2, 0.25) is 0 Å². The third-order valence-electron chi connectivity index (χ3n) is 2.80. The van der Waals surface area contributed by atoms with Gasteiger partial charge < -0.3 is 4.52 Å². The van der Waals surface area contributed by atoms with Crippen molar-refractivity contribution in [1.82, 2.24) is 0 Å². The maximum Gasteiger partial charge on any atom is 0.220 e. The summed E-state index contributed by atoms with van der Waals surface area (Å²) in [5, 5.41) is 0.809. The molecule has 0 aromatic heterocycles. The van der Waals surface area contributed by atoms with Crippen molar-refractivity contribution in [3.63, 3.8) is 0 Å². The summed E-state index contributed by atoms with van der Waals surface area (Å²) >= 11 is 0. The quantitative estimate of drug-likeness (QED) is 0.382. The standard InChI is InChI=1S/C15H23O2P/c1-3-5-6-7-13-17-18(16)15-11-9-14(8-4-2)10-12-15/h4,9-12,18H,2-3,5-8,13H2,1H3. The number of hydrogen-bond donors (Lipinski definition) is 0. The van der Waals surface area contributed by atoms with E-state index in [2.05, 4.69) is 13.5 Å². The maximum absolute atomic E-state index is 11.9. The molecule has 0 radical (unpaired) electrons. The first-order chi connectivity index (χ1) is 8.77. The highest BCUT2D eigenvalue weighted by atomic mass is 31.1. The molecule has 0 N–H and O–H groups in total. The fourth-order valence-corrected chi connectivity index (χ4v) is 2.66. The van der Waals surface area contributed by atoms with Crippen molar-refractivity contribution in [2.75, 3.05) is 6.61 Å². The minimum atomic E-state index is -2.06. The van der Waals surface area contributed by atoms with Gasteiger partial charge in [-0.05, 0) is 30.5 Å². The molecule has 1 unspecified atom stereocenters. The topological polar surface area (TPSA) is 26.3 Å². The van der Waals surface area contributed by atoms with Crippen molar-refractivity contribution in [1.29, 1.82) is 0 Å². The monoisotopic (exact) mass is 266 g/mol. The van der Waals surface area contributed by atoms with Crippen LogP contribution in [0.5, 0.6) is 0 Å². The molecule has 0 aliphatic carbocycles. The molecule has 1 aromatic carbocycles. The van der Waals surface area contributed by atoms with Crippen LogP contribution in [0.15, 0.2) is 36.9 Å². The summed E-state index contributed by atoms with van der Waals surface area (Å²) in [5.41, 5.74) is 1.19. The predicted molar refractivity (Wildman–Crippen MR) is 79.1 cm³/mol. The van der Waals surface area contributed by atoms with Gasteiger partial charge in [0.05, 0.1) is 6.61 Å². The van der Waals surface area contributed by atoms with Gasteiger partial charge in [0.2, 0.25) is 8.03 Å². The Bertz CT molecular complexity index is 371. The zero-order valence-corrected chi connectivity index (χ0v) is 12.2. The highest BCUT2D eigenvalue weighted by molar-refractivity contribution is 7.48. The molecule has 1 aromatic rings. The Morgan fingerprint density at radius 2 is 1.94 bits per heavy atom. The van der Waals surface area contributed by atoms with Crippen LogP contribution in [0.25, 0.3) is 0 Å². The lowest BCUT2D eigenvalue weighted by Gasteiger charge is -2.05. The van der Waals surface area contributed by atoms with E-state index in [0.717, 1.165) is 24.6 Å². The van der Waals surface area contributed by atoms with E-state index >= 15 is 0 Å². The summed E-state index contributed by atoms with van der Waals surface area (Å²) in [7, 11) is -2.06. The molecule has 0 heterocycles. The molecule has 0 saturated heterocycles. The highest BCUT2D eigenvalue weighted by Gasteiger charge is 2.03. The van der Waals surface area contributed by atoms with E-state index in [9.17, 15) is 4.57 Å². The number of rotatable bonds is 9. The van der Waals surface area contributed by atoms with Gasteiger partial charge in [0.25, 0.3) is 0 Å². The molecule has 0 bridgehead atoms. The molecule has 0 fully saturated rings. The summed E-state index contributed by atoms with van der Waals surface area (Å²) in [4.78, 5) is 0. The average molecular weight is 266 g/mol. The summed E-state index contributed by atoms with van der Waals surface area (Å²) in [5.74, 6) is 0. The lowest BCUT2D eigenvalue weighted by molar-refractivity contribution is 0.322. The van der Waals surface area contributed by atoms with E-state index in [4.69, 9.17) is 4.52 Å². The molecule has 0 saturated carbocycles. The van der Waals surface area contributed by atoms with Gasteiger partial charge in [0.15, 0.2) is 0 Å². The second-order valence-corrected chi connectivity index (χ2v) is 5.83. The molecule has 0 aliphatic heterocycles. The van der Waals surface area contributed by atoms with E-state index in [-0.39, 0.29) is 0 Å². The van der Waals surface area contributed by atoms with Crippen LogP contribution in [0.3, 0.4) is 0 Å². The van der Waals surface area contributed by atoms with Crippen molar-refractivity contribution in [3.05, 3.63) is 42.5 Å². The fraction of sp³-hybridized carbons (Fsp3) is 0.467. The van der Waals surface area contributed by atoms with Gasteiger partial charge >= 0.3 is 0 Å². The Morgan fingerprint density at radius 1 is 1.22 bits per heavy atom. The molecule has 0 amide bonds. The van der Waals surface area contributed by atoms with Crippen molar-refractivity contribution in [3.8, 4) is 0 Å². The first kappa shape index (κ1) is 15.2. The van der Waals surface area contributed by atoms with Crippen LogP contribution < -0.4 is 5.30 Å². The third-order valence-corrected chi connectivity index (χ3v) is 4.07. The Morgan fingerprint density at radius 3 is 2.56 bits per heavy atom. The zero-order valence-electron chi connectivity index (χ0n) is 11.2. The third kappa shape index (κ3) is 5.66. The normalized spacial score (nSPS) is 12.3. The van der Waals surface area contributed by atoms with Crippen molar-refractivity contribution < 1.29 is 9.09 Å². The van der Waals surface area contributed by atoms with E-state index in [1.807, 2.05) is 30.3 Å². The van der Waals surface area contributed by atoms with E-state index in [0.29, 0.717) is 6.61 Å². The minimum absolute atomic E-state index is 0.603. The van der Waals surface area contributed by atoms with E-state index in [1.54, 1.807) is 0 Å². The number of unbranched alkanes of at least 4 members (excludes halogenated alkanes) is 3. The largest absolute Gasteiger partial charge is 0.327 e. The summed E-state index contributed by atoms with van der Waals surface area (Å²) in [6.45, 7) is 6.48. The van der Waals surface area contributed by atoms with Crippen molar-refractivity contribution in [2.45, 2.75) is 39.0 Å². The molecule has 3 heteroatoms. The Kier molecular flexibility index (Phi) is 7.71. The van der Waals surface area contributed by atoms with E-state index in [1.165, 1.54) is 18.4 Å². The average Bonchev–Trinajstić information content (AvgIpc) is 2.39. The SMILES string of the molecule is C=CCc1ccc([PH](=O)OCCCCCC)cc1. The second kappa shape index (κ2) is 9.13. The summed E-state index contributed by atoms with van der Waals surface area (Å²) in [6, 6.07) is 7.76. The number of hydrogen-bond acceptors (Lipinski definition) is 2. The predicted octanol–water partition coefficient (Wildman–Crippen LogP) is 4.11. The van der Waals surface area contributed by atoms with Gasteiger partial charge in [-0.3, -0.25) is 4.57 Å². The minimum Gasteiger partial charge on any atom is -0.327 e. The fourth-order valence-electron chi connectivity index (χ4n) is 1.72. The van der Waals surface area contributed by atoms with Crippen LogP contribution in [0.1, 0.15) is 38.2 Å². The van der Waals surface area contributed by atoms with Crippen LogP contribution in [-0.4, -0.2) is 6.61 Å². The van der Waals surface area contributed by atoms with Gasteiger partial charge in [-0.1, -0.05) is 44.4 Å². The Balaban J connectivity index is 2.34. The van der Waals surface area contributed by atoms with Crippen LogP contribution in [0, 0.1) is 0 Å². The second-order valence-electron chi connectivity index (χ2n) is 4.39. The molecule has 0 spiro atoms. The lowest BCUT2D eigenvalue weighted by Crippen LogP contribution is -1.99. The van der Waals surface area contributed by atoms with Crippen LogP contribution in [0.4, 0.5) is 0 Å². The van der Waals surface area contributed by atoms with Crippen LogP contribution in [-0.2, 0) is 15.5 Å². The van der Waals surface area contributed by atoms with Crippen LogP contribution >= 0.6 is 8.03 Å². The molecule has 100 valence electrons. The van der Waals surface area contributed by atoms with Gasteiger partial charge in [0, 0.05) is 5.30 Å². The van der Waals surface area contributed by atoms with Gasteiger partial charge in [0.1, 0.15) is 0 Å². The lowest BCUT2D eigenvalue weighted by atomic mass is 10.2. The molecule has 2 nitrogen and oxygen atoms in total. The maximum atomic E-state index is 11.9. The molecule has 0 aliphatic rings. The van der Waals surface area contributed by atoms with Gasteiger partial charge in [-0.15, -0.1) is 6.58 Å². The zero-order chi connectivity index (χ0) is 13.2. The molecule has 18 heavy (non-hydrogen) atoms. The van der Waals surface area contributed by atoms with Crippen molar-refractivity contribution >= 4 is 13.3 Å². The summed E-state index contributed by atoms with van der Waals surface area (Å²) < 4.78 is 17.3. The van der Waals surface area contributed by atoms with E-state index < -0.39 is 8.03 Å². The van der Waals surface area contributed by atoms with Gasteiger partial charge in [-0.2, -0.15) is 0 Å². The first-order valence-electron chi connectivity index (χ1n) is 6.65. The summed E-state index contributed by atoms with van der Waals surface area (Å²) in [6.07, 6.45) is 7.30. The number of benzene rings is 1. The highest BCUT2D eigenvalue weighted by Crippen LogP contribution is 2.22. The Hall–Kier alpha value is -0.850. The molecule has 1 rings (SSSR count). The smallest absolute Gasteiger partial charge is 0.220 e. The molecule has 1 atom stereocenters. The first-order valence-corrected chi connectivity index (χ1v) is 7.96. The van der Waals surface area contributed by atoms with Crippen molar-refractivity contribution in [2.24, 2.45) is 0 Å². The van der Waals surface area contributed by atoms with Gasteiger partial charge in [-0.25, -0.2) is 0 Å². The number of allylic oxidation sites excluding steroid dienone is 1. The molecular formula is C15H23O2P.